The number of ether oxygens (including phenoxy) is 1. The number of anilines is 1. The lowest BCUT2D eigenvalue weighted by atomic mass is 10.1. The van der Waals surface area contributed by atoms with Gasteiger partial charge in [-0.25, -0.2) is 4.98 Å². The molecule has 3 heterocycles. The molecule has 1 unspecified atom stereocenters. The molecular weight excluding hydrogens is 364 g/mol. The van der Waals surface area contributed by atoms with Crippen molar-refractivity contribution in [1.82, 2.24) is 19.4 Å². The number of imidazole rings is 1. The second-order valence-corrected chi connectivity index (χ2v) is 7.41. The number of likely N-dealkylation sites (tertiary alicyclic amines) is 1. The van der Waals surface area contributed by atoms with Crippen LogP contribution >= 0.6 is 0 Å². The minimum Gasteiger partial charge on any atom is -0.353 e. The summed E-state index contributed by atoms with van der Waals surface area (Å²) in [6.07, 6.45) is 3.63. The number of aromatic nitrogens is 3. The second-order valence-electron chi connectivity index (χ2n) is 7.41. The molecule has 1 aliphatic rings. The Morgan fingerprint density at radius 3 is 2.69 bits per heavy atom. The van der Waals surface area contributed by atoms with Gasteiger partial charge in [-0.2, -0.15) is 0 Å². The lowest BCUT2D eigenvalue weighted by molar-refractivity contribution is 0.0420. The van der Waals surface area contributed by atoms with Crippen LogP contribution in [0.5, 0.6) is 0 Å². The number of nitrogens with two attached hydrogens (primary N) is 1. The van der Waals surface area contributed by atoms with Crippen LogP contribution in [0.2, 0.25) is 0 Å². The Bertz CT molecular complexity index is 904. The molecule has 1 aliphatic heterocycles. The van der Waals surface area contributed by atoms with Crippen molar-refractivity contribution in [1.29, 1.82) is 0 Å². The van der Waals surface area contributed by atoms with Crippen molar-refractivity contribution in [2.45, 2.75) is 32.0 Å². The summed E-state index contributed by atoms with van der Waals surface area (Å²) in [6, 6.07) is 14.5. The average Bonchev–Trinajstić information content (AvgIpc) is 3.12. The van der Waals surface area contributed by atoms with E-state index in [0.29, 0.717) is 19.2 Å². The molecule has 1 atom stereocenters. The third kappa shape index (κ3) is 4.42. The number of para-hydroxylation sites is 2. The predicted octanol–water partition coefficient (Wildman–Crippen LogP) is 2.85. The van der Waals surface area contributed by atoms with Gasteiger partial charge in [-0.1, -0.05) is 18.2 Å². The van der Waals surface area contributed by atoms with Crippen molar-refractivity contribution >= 4 is 17.0 Å². The van der Waals surface area contributed by atoms with Gasteiger partial charge in [0.15, 0.2) is 6.23 Å². The Balaban J connectivity index is 1.66. The van der Waals surface area contributed by atoms with Gasteiger partial charge >= 0.3 is 0 Å². The fourth-order valence-electron chi connectivity index (χ4n) is 4.02. The zero-order valence-corrected chi connectivity index (χ0v) is 17.0. The number of hydrogen-bond donors (Lipinski definition) is 2. The first-order valence-corrected chi connectivity index (χ1v) is 10.5. The van der Waals surface area contributed by atoms with Gasteiger partial charge in [0.2, 0.25) is 5.95 Å². The van der Waals surface area contributed by atoms with Crippen LogP contribution in [0.4, 0.5) is 5.95 Å². The van der Waals surface area contributed by atoms with Gasteiger partial charge in [0.05, 0.1) is 16.7 Å². The van der Waals surface area contributed by atoms with E-state index in [2.05, 4.69) is 25.8 Å². The molecule has 154 valence electrons. The molecule has 3 aromatic rings. The van der Waals surface area contributed by atoms with Crippen molar-refractivity contribution in [2.75, 3.05) is 38.1 Å². The monoisotopic (exact) mass is 394 g/mol. The Morgan fingerprint density at radius 1 is 1.17 bits per heavy atom. The van der Waals surface area contributed by atoms with Crippen molar-refractivity contribution in [2.24, 2.45) is 5.73 Å². The van der Waals surface area contributed by atoms with Crippen molar-refractivity contribution in [3.8, 4) is 0 Å². The number of nitrogens with zero attached hydrogens (tertiary/aromatic N) is 4. The molecule has 0 radical (unpaired) electrons. The normalized spacial score (nSPS) is 16.9. The van der Waals surface area contributed by atoms with E-state index in [-0.39, 0.29) is 6.23 Å². The number of pyridine rings is 1. The number of piperidine rings is 1. The van der Waals surface area contributed by atoms with Gasteiger partial charge in [0.1, 0.15) is 0 Å². The molecule has 1 saturated heterocycles. The van der Waals surface area contributed by atoms with E-state index in [1.54, 1.807) is 6.20 Å². The largest absolute Gasteiger partial charge is 0.353 e. The maximum absolute atomic E-state index is 6.16. The molecule has 0 spiro atoms. The smallest absolute Gasteiger partial charge is 0.206 e. The van der Waals surface area contributed by atoms with E-state index in [0.717, 1.165) is 55.2 Å². The highest BCUT2D eigenvalue weighted by Gasteiger charge is 2.25. The highest BCUT2D eigenvalue weighted by Crippen LogP contribution is 2.30. The number of fused-ring (bicyclic) bond motifs is 1. The predicted molar refractivity (Wildman–Crippen MR) is 116 cm³/mol. The maximum atomic E-state index is 6.16. The first-order chi connectivity index (χ1) is 14.3. The maximum Gasteiger partial charge on any atom is 0.206 e. The lowest BCUT2D eigenvalue weighted by Gasteiger charge is -2.32. The van der Waals surface area contributed by atoms with E-state index in [4.69, 9.17) is 15.5 Å². The van der Waals surface area contributed by atoms with E-state index in [9.17, 15) is 0 Å². The summed E-state index contributed by atoms with van der Waals surface area (Å²) in [7, 11) is 0. The molecule has 4 rings (SSSR count). The molecule has 0 saturated carbocycles. The van der Waals surface area contributed by atoms with Crippen molar-refractivity contribution in [3.05, 3.63) is 54.4 Å². The molecule has 2 aromatic heterocycles. The Kier molecular flexibility index (Phi) is 6.39. The SMILES string of the molecule is CCOC(c1ccccn1)n1c(NC2CCN(CCN)CC2)nc2ccccc21. The number of benzene rings is 1. The molecule has 1 aromatic carbocycles. The average molecular weight is 395 g/mol. The molecule has 7 heteroatoms. The second kappa shape index (κ2) is 9.35. The third-order valence-electron chi connectivity index (χ3n) is 5.46. The zero-order valence-electron chi connectivity index (χ0n) is 17.0. The standard InChI is InChI=1S/C22H30N6O/c1-2-29-21(19-8-5-6-13-24-19)28-20-9-4-3-7-18(20)26-22(28)25-17-10-14-27(15-11-17)16-12-23/h3-9,13,17,21H,2,10-12,14-16,23H2,1H3,(H,25,26). The van der Waals surface area contributed by atoms with Crippen LogP contribution in [-0.4, -0.2) is 58.3 Å². The minimum atomic E-state index is -0.326. The molecule has 0 bridgehead atoms. The highest BCUT2D eigenvalue weighted by atomic mass is 16.5. The van der Waals surface area contributed by atoms with Crippen LogP contribution in [0.1, 0.15) is 31.7 Å². The van der Waals surface area contributed by atoms with Gasteiger partial charge in [0, 0.05) is 45.0 Å². The number of rotatable bonds is 8. The molecule has 1 fully saturated rings. The van der Waals surface area contributed by atoms with Crippen molar-refractivity contribution in [3.63, 3.8) is 0 Å². The van der Waals surface area contributed by atoms with E-state index < -0.39 is 0 Å². The lowest BCUT2D eigenvalue weighted by Crippen LogP contribution is -2.41. The van der Waals surface area contributed by atoms with Crippen LogP contribution in [0.25, 0.3) is 11.0 Å². The highest BCUT2D eigenvalue weighted by molar-refractivity contribution is 5.79. The number of nitrogens with one attached hydrogen (secondary N) is 1. The van der Waals surface area contributed by atoms with Crippen molar-refractivity contribution < 1.29 is 4.74 Å². The van der Waals surface area contributed by atoms with Gasteiger partial charge in [-0.05, 0) is 44.0 Å². The van der Waals surface area contributed by atoms with E-state index >= 15 is 0 Å². The van der Waals surface area contributed by atoms with E-state index in [1.807, 2.05) is 43.3 Å². The molecular formula is C22H30N6O. The molecule has 0 amide bonds. The molecule has 29 heavy (non-hydrogen) atoms. The Morgan fingerprint density at radius 2 is 1.97 bits per heavy atom. The fraction of sp³-hybridized carbons (Fsp3) is 0.455. The fourth-order valence-corrected chi connectivity index (χ4v) is 4.02. The molecule has 7 nitrogen and oxygen atoms in total. The van der Waals surface area contributed by atoms with Gasteiger partial charge in [-0.3, -0.25) is 9.55 Å². The Hall–Kier alpha value is -2.48. The van der Waals surface area contributed by atoms with Gasteiger partial charge in [0.25, 0.3) is 0 Å². The summed E-state index contributed by atoms with van der Waals surface area (Å²) in [6.45, 7) is 6.40. The summed E-state index contributed by atoms with van der Waals surface area (Å²) in [4.78, 5) is 11.9. The van der Waals surface area contributed by atoms with Gasteiger partial charge in [-0.15, -0.1) is 0 Å². The summed E-state index contributed by atoms with van der Waals surface area (Å²) in [5.74, 6) is 0.840. The summed E-state index contributed by atoms with van der Waals surface area (Å²) >= 11 is 0. The van der Waals surface area contributed by atoms with Gasteiger partial charge < -0.3 is 20.7 Å². The van der Waals surface area contributed by atoms with Crippen LogP contribution < -0.4 is 11.1 Å². The quantitative estimate of drug-likeness (QED) is 0.611. The summed E-state index contributed by atoms with van der Waals surface area (Å²) in [5, 5.41) is 3.70. The first kappa shape index (κ1) is 19.8. The summed E-state index contributed by atoms with van der Waals surface area (Å²) < 4.78 is 8.30. The number of hydrogen-bond acceptors (Lipinski definition) is 6. The Labute approximate surface area is 171 Å². The summed E-state index contributed by atoms with van der Waals surface area (Å²) in [5.41, 5.74) is 8.58. The van der Waals surface area contributed by atoms with Crippen LogP contribution in [0.3, 0.4) is 0 Å². The topological polar surface area (TPSA) is 81.2 Å². The molecule has 0 aliphatic carbocycles. The molecule has 3 N–H and O–H groups in total. The van der Waals surface area contributed by atoms with Crippen LogP contribution in [-0.2, 0) is 4.74 Å². The van der Waals surface area contributed by atoms with Crippen LogP contribution in [0.15, 0.2) is 48.7 Å². The third-order valence-corrected chi connectivity index (χ3v) is 5.46. The zero-order chi connectivity index (χ0) is 20.1. The minimum absolute atomic E-state index is 0.326. The first-order valence-electron chi connectivity index (χ1n) is 10.5. The van der Waals surface area contributed by atoms with E-state index in [1.165, 1.54) is 0 Å². The van der Waals surface area contributed by atoms with Crippen LogP contribution in [0, 0.1) is 0 Å².